The van der Waals surface area contributed by atoms with Crippen LogP contribution in [0.4, 0.5) is 4.79 Å². The molecule has 2 amide bonds. The van der Waals surface area contributed by atoms with Gasteiger partial charge in [-0.3, -0.25) is 4.79 Å². The molecule has 5 heteroatoms. The number of aliphatic carboxylic acids is 1. The van der Waals surface area contributed by atoms with Gasteiger partial charge in [-0.05, 0) is 18.3 Å². The predicted molar refractivity (Wildman–Crippen MR) is 72.6 cm³/mol. The molecule has 5 nitrogen and oxygen atoms in total. The summed E-state index contributed by atoms with van der Waals surface area (Å²) in [5.74, 6) is 1.25. The lowest BCUT2D eigenvalue weighted by Gasteiger charge is -2.39. The number of terminal acetylenes is 1. The summed E-state index contributed by atoms with van der Waals surface area (Å²) < 4.78 is 0. The van der Waals surface area contributed by atoms with Crippen molar-refractivity contribution in [3.63, 3.8) is 0 Å². The van der Waals surface area contributed by atoms with Crippen molar-refractivity contribution in [1.29, 1.82) is 0 Å². The standard InChI is InChI=1S/C14H22N2O3/c1-4-9-16(10-12(17)18)13(19)15-11-7-5-6-8-14(11,2)3/h1,11H,5-10H2,2-3H3,(H,15,19)(H,17,18). The highest BCUT2D eigenvalue weighted by atomic mass is 16.4. The zero-order chi connectivity index (χ0) is 14.5. The number of carbonyl (C=O) groups excluding carboxylic acids is 1. The lowest BCUT2D eigenvalue weighted by molar-refractivity contribution is -0.137. The first kappa shape index (κ1) is 15.4. The first-order chi connectivity index (χ1) is 8.86. The van der Waals surface area contributed by atoms with Crippen molar-refractivity contribution in [2.45, 2.75) is 45.6 Å². The Balaban J connectivity index is 2.65. The average molecular weight is 266 g/mol. The number of carbonyl (C=O) groups is 2. The van der Waals surface area contributed by atoms with E-state index in [9.17, 15) is 9.59 Å². The van der Waals surface area contributed by atoms with E-state index >= 15 is 0 Å². The summed E-state index contributed by atoms with van der Waals surface area (Å²) in [4.78, 5) is 23.9. The Bertz CT molecular complexity index is 385. The van der Waals surface area contributed by atoms with Crippen LogP contribution in [0.15, 0.2) is 0 Å². The lowest BCUT2D eigenvalue weighted by atomic mass is 9.73. The SMILES string of the molecule is C#CCN(CC(=O)O)C(=O)NC1CCCCC1(C)C. The van der Waals surface area contributed by atoms with E-state index in [2.05, 4.69) is 25.1 Å². The first-order valence-electron chi connectivity index (χ1n) is 6.57. The Hall–Kier alpha value is -1.70. The smallest absolute Gasteiger partial charge is 0.323 e. The number of carboxylic acids is 1. The van der Waals surface area contributed by atoms with Crippen molar-refractivity contribution < 1.29 is 14.7 Å². The quantitative estimate of drug-likeness (QED) is 0.761. The van der Waals surface area contributed by atoms with Crippen LogP contribution in [0.1, 0.15) is 39.5 Å². The molecule has 0 saturated heterocycles. The minimum absolute atomic E-state index is 0.00524. The van der Waals surface area contributed by atoms with Crippen molar-refractivity contribution in [3.8, 4) is 12.3 Å². The first-order valence-corrected chi connectivity index (χ1v) is 6.57. The molecule has 0 aromatic heterocycles. The molecule has 0 aliphatic heterocycles. The van der Waals surface area contributed by atoms with Gasteiger partial charge in [-0.25, -0.2) is 4.79 Å². The van der Waals surface area contributed by atoms with Gasteiger partial charge in [0, 0.05) is 6.04 Å². The predicted octanol–water partition coefficient (Wildman–Crippen LogP) is 1.68. The maximum atomic E-state index is 12.1. The average Bonchev–Trinajstić information content (AvgIpc) is 2.30. The zero-order valence-corrected chi connectivity index (χ0v) is 11.6. The normalized spacial score (nSPS) is 21.2. The molecule has 106 valence electrons. The summed E-state index contributed by atoms with van der Waals surface area (Å²) in [6.07, 6.45) is 9.41. The fraction of sp³-hybridized carbons (Fsp3) is 0.714. The highest BCUT2D eigenvalue weighted by Crippen LogP contribution is 2.35. The molecule has 2 N–H and O–H groups in total. The minimum atomic E-state index is -1.06. The van der Waals surface area contributed by atoms with Crippen LogP contribution in [-0.4, -0.2) is 41.1 Å². The fourth-order valence-corrected chi connectivity index (χ4v) is 2.47. The zero-order valence-electron chi connectivity index (χ0n) is 11.6. The molecular weight excluding hydrogens is 244 g/mol. The number of rotatable bonds is 4. The number of hydrogen-bond acceptors (Lipinski definition) is 2. The van der Waals surface area contributed by atoms with Gasteiger partial charge < -0.3 is 15.3 Å². The van der Waals surface area contributed by atoms with Crippen molar-refractivity contribution in [1.82, 2.24) is 10.2 Å². The summed E-state index contributed by atoms with van der Waals surface area (Å²) in [7, 11) is 0. The van der Waals surface area contributed by atoms with E-state index < -0.39 is 5.97 Å². The van der Waals surface area contributed by atoms with Crippen LogP contribution in [0.25, 0.3) is 0 Å². The van der Waals surface area contributed by atoms with Crippen molar-refractivity contribution in [3.05, 3.63) is 0 Å². The maximum absolute atomic E-state index is 12.1. The van der Waals surface area contributed by atoms with Crippen LogP contribution in [-0.2, 0) is 4.79 Å². The van der Waals surface area contributed by atoms with E-state index in [1.165, 1.54) is 6.42 Å². The van der Waals surface area contributed by atoms with Gasteiger partial charge in [0.1, 0.15) is 6.54 Å². The Morgan fingerprint density at radius 1 is 1.47 bits per heavy atom. The molecule has 19 heavy (non-hydrogen) atoms. The fourth-order valence-electron chi connectivity index (χ4n) is 2.47. The maximum Gasteiger partial charge on any atom is 0.323 e. The van der Waals surface area contributed by atoms with Gasteiger partial charge in [0.15, 0.2) is 0 Å². The van der Waals surface area contributed by atoms with Gasteiger partial charge in [0.2, 0.25) is 0 Å². The molecule has 0 aromatic carbocycles. The van der Waals surface area contributed by atoms with E-state index in [-0.39, 0.29) is 30.6 Å². The van der Waals surface area contributed by atoms with E-state index in [0.29, 0.717) is 0 Å². The molecule has 1 atom stereocenters. The highest BCUT2D eigenvalue weighted by molar-refractivity contribution is 5.80. The van der Waals surface area contributed by atoms with Gasteiger partial charge in [0.05, 0.1) is 6.54 Å². The highest BCUT2D eigenvalue weighted by Gasteiger charge is 2.34. The second kappa shape index (κ2) is 6.46. The van der Waals surface area contributed by atoms with E-state index in [0.717, 1.165) is 24.2 Å². The summed E-state index contributed by atoms with van der Waals surface area (Å²) in [6, 6.07) is -0.317. The molecule has 0 heterocycles. The monoisotopic (exact) mass is 266 g/mol. The number of amides is 2. The molecule has 0 radical (unpaired) electrons. The topological polar surface area (TPSA) is 69.6 Å². The molecule has 1 saturated carbocycles. The van der Waals surface area contributed by atoms with Crippen LogP contribution in [0, 0.1) is 17.8 Å². The van der Waals surface area contributed by atoms with Crippen LogP contribution in [0.3, 0.4) is 0 Å². The Labute approximate surface area is 114 Å². The second-order valence-corrected chi connectivity index (χ2v) is 5.69. The number of urea groups is 1. The summed E-state index contributed by atoms with van der Waals surface area (Å²) in [5.41, 5.74) is 0.0406. The number of nitrogens with one attached hydrogen (secondary N) is 1. The van der Waals surface area contributed by atoms with E-state index in [4.69, 9.17) is 11.5 Å². The van der Waals surface area contributed by atoms with Gasteiger partial charge in [-0.15, -0.1) is 6.42 Å². The molecule has 1 fully saturated rings. The third-order valence-corrected chi connectivity index (χ3v) is 3.70. The number of carboxylic acid groups (broad SMARTS) is 1. The molecule has 1 unspecified atom stereocenters. The summed E-state index contributed by atoms with van der Waals surface area (Å²) >= 11 is 0. The third-order valence-electron chi connectivity index (χ3n) is 3.70. The lowest BCUT2D eigenvalue weighted by Crippen LogP contribution is -2.52. The molecule has 0 bridgehead atoms. The van der Waals surface area contributed by atoms with Gasteiger partial charge in [-0.1, -0.05) is 32.6 Å². The van der Waals surface area contributed by atoms with Gasteiger partial charge >= 0.3 is 12.0 Å². The Morgan fingerprint density at radius 3 is 2.68 bits per heavy atom. The Kier molecular flexibility index (Phi) is 5.22. The Morgan fingerprint density at radius 2 is 2.16 bits per heavy atom. The van der Waals surface area contributed by atoms with Crippen molar-refractivity contribution in [2.75, 3.05) is 13.1 Å². The van der Waals surface area contributed by atoms with E-state index in [1.807, 2.05) is 0 Å². The van der Waals surface area contributed by atoms with Crippen LogP contribution < -0.4 is 5.32 Å². The third kappa shape index (κ3) is 4.47. The largest absolute Gasteiger partial charge is 0.480 e. The molecule has 0 spiro atoms. The molecule has 1 aliphatic carbocycles. The minimum Gasteiger partial charge on any atom is -0.480 e. The van der Waals surface area contributed by atoms with Crippen LogP contribution >= 0.6 is 0 Å². The molecule has 1 aliphatic rings. The van der Waals surface area contributed by atoms with Gasteiger partial charge in [-0.2, -0.15) is 0 Å². The van der Waals surface area contributed by atoms with Crippen LogP contribution in [0.2, 0.25) is 0 Å². The van der Waals surface area contributed by atoms with Crippen molar-refractivity contribution in [2.24, 2.45) is 5.41 Å². The number of nitrogens with zero attached hydrogens (tertiary/aromatic N) is 1. The second-order valence-electron chi connectivity index (χ2n) is 5.69. The number of hydrogen-bond donors (Lipinski definition) is 2. The molecule has 0 aromatic rings. The van der Waals surface area contributed by atoms with Crippen molar-refractivity contribution >= 4 is 12.0 Å². The van der Waals surface area contributed by atoms with Gasteiger partial charge in [0.25, 0.3) is 0 Å². The molecule has 1 rings (SSSR count). The van der Waals surface area contributed by atoms with Crippen LogP contribution in [0.5, 0.6) is 0 Å². The molecular formula is C14H22N2O3. The van der Waals surface area contributed by atoms with E-state index in [1.54, 1.807) is 0 Å². The summed E-state index contributed by atoms with van der Waals surface area (Å²) in [5, 5.41) is 11.7. The summed E-state index contributed by atoms with van der Waals surface area (Å²) in [6.45, 7) is 3.88.